The predicted molar refractivity (Wildman–Crippen MR) is 62.7 cm³/mol. The van der Waals surface area contributed by atoms with Crippen LogP contribution < -0.4 is 0 Å². The summed E-state index contributed by atoms with van der Waals surface area (Å²) in [6.07, 6.45) is 3.55. The minimum absolute atomic E-state index is 0.0440. The molecule has 0 aliphatic carbocycles. The van der Waals surface area contributed by atoms with Gasteiger partial charge in [0.15, 0.2) is 0 Å². The molecule has 0 fully saturated rings. The Morgan fingerprint density at radius 3 is 2.27 bits per heavy atom. The van der Waals surface area contributed by atoms with Gasteiger partial charge in [-0.25, -0.2) is 0 Å². The van der Waals surface area contributed by atoms with Crippen molar-refractivity contribution < 1.29 is 14.6 Å². The van der Waals surface area contributed by atoms with Crippen LogP contribution in [-0.2, 0) is 9.53 Å². The molecule has 0 saturated carbocycles. The summed E-state index contributed by atoms with van der Waals surface area (Å²) in [6.45, 7) is 8.83. The molecule has 3 nitrogen and oxygen atoms in total. The first-order valence-electron chi connectivity index (χ1n) is 5.84. The second kappa shape index (κ2) is 13.4. The van der Waals surface area contributed by atoms with Crippen LogP contribution in [0.4, 0.5) is 0 Å². The molecule has 0 bridgehead atoms. The number of hydrogen-bond acceptors (Lipinski definition) is 3. The van der Waals surface area contributed by atoms with Gasteiger partial charge in [-0.3, -0.25) is 4.79 Å². The van der Waals surface area contributed by atoms with Crippen molar-refractivity contribution in [1.29, 1.82) is 0 Å². The van der Waals surface area contributed by atoms with Crippen molar-refractivity contribution in [2.24, 2.45) is 5.92 Å². The quantitative estimate of drug-likeness (QED) is 0.697. The van der Waals surface area contributed by atoms with Crippen LogP contribution in [0, 0.1) is 5.92 Å². The molecule has 3 heteroatoms. The lowest BCUT2D eigenvalue weighted by Crippen LogP contribution is -2.07. The van der Waals surface area contributed by atoms with Crippen LogP contribution in [0.3, 0.4) is 0 Å². The van der Waals surface area contributed by atoms with Crippen molar-refractivity contribution in [3.63, 3.8) is 0 Å². The van der Waals surface area contributed by atoms with Gasteiger partial charge < -0.3 is 9.84 Å². The third-order valence-electron chi connectivity index (χ3n) is 1.69. The SMILES string of the molecule is CCCCC(=O)OCCC(C)C.CCO. The molecule has 0 radical (unpaired) electrons. The maximum absolute atomic E-state index is 11.0. The summed E-state index contributed by atoms with van der Waals surface area (Å²) in [5.74, 6) is 0.571. The van der Waals surface area contributed by atoms with Crippen molar-refractivity contribution in [3.8, 4) is 0 Å². The molecule has 0 aromatic heterocycles. The summed E-state index contributed by atoms with van der Waals surface area (Å²) in [7, 11) is 0. The number of carbonyl (C=O) groups excluding carboxylic acids is 1. The second-order valence-corrected chi connectivity index (χ2v) is 3.82. The van der Waals surface area contributed by atoms with Crippen molar-refractivity contribution in [1.82, 2.24) is 0 Å². The monoisotopic (exact) mass is 218 g/mol. The van der Waals surface area contributed by atoms with Gasteiger partial charge in [0, 0.05) is 13.0 Å². The predicted octanol–water partition coefficient (Wildman–Crippen LogP) is 2.76. The molecular formula is C12H26O3. The average Bonchev–Trinajstić information content (AvgIpc) is 2.15. The standard InChI is InChI=1S/C10H20O2.C2H6O/c1-4-5-6-10(11)12-8-7-9(2)3;1-2-3/h9H,4-8H2,1-3H3;3H,2H2,1H3. The number of aliphatic hydroxyl groups is 1. The first-order valence-corrected chi connectivity index (χ1v) is 5.84. The Morgan fingerprint density at radius 1 is 1.33 bits per heavy atom. The Hall–Kier alpha value is -0.570. The van der Waals surface area contributed by atoms with E-state index in [9.17, 15) is 4.79 Å². The van der Waals surface area contributed by atoms with Crippen LogP contribution in [0.2, 0.25) is 0 Å². The number of hydrogen-bond donors (Lipinski definition) is 1. The largest absolute Gasteiger partial charge is 0.466 e. The van der Waals surface area contributed by atoms with Crippen molar-refractivity contribution >= 4 is 5.97 Å². The number of unbranched alkanes of at least 4 members (excludes halogenated alkanes) is 1. The van der Waals surface area contributed by atoms with Gasteiger partial charge in [0.05, 0.1) is 6.61 Å². The highest BCUT2D eigenvalue weighted by Crippen LogP contribution is 2.01. The van der Waals surface area contributed by atoms with Crippen LogP contribution in [0.5, 0.6) is 0 Å². The van der Waals surface area contributed by atoms with E-state index in [2.05, 4.69) is 20.8 Å². The van der Waals surface area contributed by atoms with E-state index in [0.29, 0.717) is 18.9 Å². The molecule has 0 unspecified atom stereocenters. The fraction of sp³-hybridized carbons (Fsp3) is 0.917. The molecule has 0 rings (SSSR count). The fourth-order valence-corrected chi connectivity index (χ4v) is 0.802. The van der Waals surface area contributed by atoms with E-state index in [1.54, 1.807) is 6.92 Å². The second-order valence-electron chi connectivity index (χ2n) is 3.82. The Kier molecular flexibility index (Phi) is 15.1. The summed E-state index contributed by atoms with van der Waals surface area (Å²) in [6, 6.07) is 0. The zero-order chi connectivity index (χ0) is 12.1. The Morgan fingerprint density at radius 2 is 1.87 bits per heavy atom. The lowest BCUT2D eigenvalue weighted by molar-refractivity contribution is -0.144. The molecule has 0 aliphatic rings. The van der Waals surface area contributed by atoms with Gasteiger partial charge in [-0.2, -0.15) is 0 Å². The summed E-state index contributed by atoms with van der Waals surface area (Å²) < 4.78 is 5.02. The minimum Gasteiger partial charge on any atom is -0.466 e. The normalized spacial score (nSPS) is 9.47. The van der Waals surface area contributed by atoms with Gasteiger partial charge in [-0.15, -0.1) is 0 Å². The summed E-state index contributed by atoms with van der Waals surface area (Å²) in [4.78, 5) is 11.0. The number of carbonyl (C=O) groups is 1. The van der Waals surface area contributed by atoms with Gasteiger partial charge in [0.2, 0.25) is 0 Å². The molecule has 0 spiro atoms. The number of esters is 1. The number of rotatable bonds is 6. The lowest BCUT2D eigenvalue weighted by atomic mass is 10.1. The molecule has 15 heavy (non-hydrogen) atoms. The maximum Gasteiger partial charge on any atom is 0.305 e. The third kappa shape index (κ3) is 19.7. The van der Waals surface area contributed by atoms with Crippen LogP contribution in [0.1, 0.15) is 53.4 Å². The molecule has 0 atom stereocenters. The first-order chi connectivity index (χ1) is 7.08. The minimum atomic E-state index is -0.0440. The van der Waals surface area contributed by atoms with E-state index in [4.69, 9.17) is 9.84 Å². The molecular weight excluding hydrogens is 192 g/mol. The average molecular weight is 218 g/mol. The highest BCUT2D eigenvalue weighted by atomic mass is 16.5. The van der Waals surface area contributed by atoms with E-state index in [0.717, 1.165) is 19.3 Å². The van der Waals surface area contributed by atoms with Crippen LogP contribution >= 0.6 is 0 Å². The molecule has 0 saturated heterocycles. The van der Waals surface area contributed by atoms with Crippen molar-refractivity contribution in [2.45, 2.75) is 53.4 Å². The zero-order valence-electron chi connectivity index (χ0n) is 10.6. The molecule has 0 aromatic carbocycles. The van der Waals surface area contributed by atoms with Crippen LogP contribution in [0.25, 0.3) is 0 Å². The fourth-order valence-electron chi connectivity index (χ4n) is 0.802. The van der Waals surface area contributed by atoms with E-state index in [1.165, 1.54) is 0 Å². The Labute approximate surface area is 93.8 Å². The topological polar surface area (TPSA) is 46.5 Å². The Bertz CT molecular complexity index is 133. The Balaban J connectivity index is 0. The molecule has 0 aromatic rings. The van der Waals surface area contributed by atoms with Gasteiger partial charge in [-0.1, -0.05) is 27.2 Å². The zero-order valence-corrected chi connectivity index (χ0v) is 10.6. The summed E-state index contributed by atoms with van der Waals surface area (Å²) in [5.41, 5.74) is 0. The van der Waals surface area contributed by atoms with E-state index >= 15 is 0 Å². The van der Waals surface area contributed by atoms with E-state index < -0.39 is 0 Å². The van der Waals surface area contributed by atoms with E-state index in [1.807, 2.05) is 0 Å². The molecule has 0 amide bonds. The molecule has 92 valence electrons. The summed E-state index contributed by atoms with van der Waals surface area (Å²) >= 11 is 0. The van der Waals surface area contributed by atoms with Gasteiger partial charge >= 0.3 is 5.97 Å². The van der Waals surface area contributed by atoms with Gasteiger partial charge in [0.1, 0.15) is 0 Å². The van der Waals surface area contributed by atoms with Gasteiger partial charge in [-0.05, 0) is 25.7 Å². The highest BCUT2D eigenvalue weighted by molar-refractivity contribution is 5.69. The summed E-state index contributed by atoms with van der Waals surface area (Å²) in [5, 5.41) is 7.57. The van der Waals surface area contributed by atoms with Crippen molar-refractivity contribution in [2.75, 3.05) is 13.2 Å². The molecule has 0 aliphatic heterocycles. The van der Waals surface area contributed by atoms with E-state index in [-0.39, 0.29) is 12.6 Å². The van der Waals surface area contributed by atoms with Crippen LogP contribution in [0.15, 0.2) is 0 Å². The van der Waals surface area contributed by atoms with Crippen LogP contribution in [-0.4, -0.2) is 24.3 Å². The smallest absolute Gasteiger partial charge is 0.305 e. The van der Waals surface area contributed by atoms with Crippen molar-refractivity contribution in [3.05, 3.63) is 0 Å². The molecule has 0 heterocycles. The highest BCUT2D eigenvalue weighted by Gasteiger charge is 2.01. The maximum atomic E-state index is 11.0. The van der Waals surface area contributed by atoms with Gasteiger partial charge in [0.25, 0.3) is 0 Å². The molecule has 1 N–H and O–H groups in total. The lowest BCUT2D eigenvalue weighted by Gasteiger charge is -2.05. The number of ether oxygens (including phenoxy) is 1. The third-order valence-corrected chi connectivity index (χ3v) is 1.69. The first kappa shape index (κ1) is 16.8. The number of aliphatic hydroxyl groups excluding tert-OH is 1.